The number of rotatable bonds is 8. The van der Waals surface area contributed by atoms with Gasteiger partial charge in [-0.2, -0.15) is 5.26 Å². The SMILES string of the molecule is N#CCCCN1CCC(Oc2nccnc2OCc2cccc(Cl)c2)CC1. The molecule has 1 aliphatic heterocycles. The number of unbranched alkanes of at least 4 members (excludes halogenated alkanes) is 1. The van der Waals surface area contributed by atoms with Gasteiger partial charge in [0.05, 0.1) is 6.07 Å². The zero-order chi connectivity index (χ0) is 18.9. The quantitative estimate of drug-likeness (QED) is 0.641. The second kappa shape index (κ2) is 10.1. The maximum Gasteiger partial charge on any atom is 0.278 e. The number of nitrogens with zero attached hydrogens (tertiary/aromatic N) is 4. The van der Waals surface area contributed by atoms with Gasteiger partial charge < -0.3 is 14.4 Å². The van der Waals surface area contributed by atoms with Crippen molar-refractivity contribution < 1.29 is 9.47 Å². The minimum absolute atomic E-state index is 0.0995. The zero-order valence-corrected chi connectivity index (χ0v) is 15.9. The molecule has 0 aliphatic carbocycles. The highest BCUT2D eigenvalue weighted by atomic mass is 35.5. The van der Waals surface area contributed by atoms with Crippen LogP contribution in [0.15, 0.2) is 36.7 Å². The van der Waals surface area contributed by atoms with Gasteiger partial charge in [0.25, 0.3) is 11.8 Å². The van der Waals surface area contributed by atoms with E-state index < -0.39 is 0 Å². The average molecular weight is 387 g/mol. The third-order valence-corrected chi connectivity index (χ3v) is 4.71. The molecule has 27 heavy (non-hydrogen) atoms. The fourth-order valence-corrected chi connectivity index (χ4v) is 3.27. The number of likely N-dealkylation sites (tertiary alicyclic amines) is 1. The van der Waals surface area contributed by atoms with Crippen molar-refractivity contribution >= 4 is 11.6 Å². The van der Waals surface area contributed by atoms with Crippen LogP contribution in [0.4, 0.5) is 0 Å². The molecule has 0 bridgehead atoms. The molecular weight excluding hydrogens is 364 g/mol. The molecule has 0 unspecified atom stereocenters. The van der Waals surface area contributed by atoms with E-state index >= 15 is 0 Å². The molecule has 0 N–H and O–H groups in total. The summed E-state index contributed by atoms with van der Waals surface area (Å²) >= 11 is 6.01. The Balaban J connectivity index is 1.52. The molecule has 2 aromatic rings. The van der Waals surface area contributed by atoms with Gasteiger partial charge in [0, 0.05) is 36.9 Å². The molecule has 1 fully saturated rings. The normalized spacial score (nSPS) is 15.3. The predicted octanol–water partition coefficient (Wildman–Crippen LogP) is 3.86. The van der Waals surface area contributed by atoms with Gasteiger partial charge in [-0.05, 0) is 43.5 Å². The molecule has 0 radical (unpaired) electrons. The lowest BCUT2D eigenvalue weighted by atomic mass is 10.1. The standard InChI is InChI=1S/C20H23ClN4O2/c21-17-5-3-4-16(14-17)15-26-19-20(24-10-9-23-19)27-18-6-12-25(13-7-18)11-2-1-8-22/h3-5,9-10,14,18H,1-2,6-7,11-13,15H2. The number of nitriles is 1. The van der Waals surface area contributed by atoms with Gasteiger partial charge in [-0.3, -0.25) is 0 Å². The molecule has 2 heterocycles. The van der Waals surface area contributed by atoms with Gasteiger partial charge in [-0.25, -0.2) is 9.97 Å². The highest BCUT2D eigenvalue weighted by Crippen LogP contribution is 2.26. The van der Waals surface area contributed by atoms with E-state index in [2.05, 4.69) is 20.9 Å². The summed E-state index contributed by atoms with van der Waals surface area (Å²) in [7, 11) is 0. The number of aromatic nitrogens is 2. The largest absolute Gasteiger partial charge is 0.470 e. The second-order valence-electron chi connectivity index (χ2n) is 6.51. The summed E-state index contributed by atoms with van der Waals surface area (Å²) in [5.74, 6) is 0.830. The number of hydrogen-bond acceptors (Lipinski definition) is 6. The first-order valence-electron chi connectivity index (χ1n) is 9.19. The molecular formula is C20H23ClN4O2. The molecule has 1 aromatic carbocycles. The Morgan fingerprint density at radius 2 is 1.96 bits per heavy atom. The van der Waals surface area contributed by atoms with E-state index in [1.54, 1.807) is 12.4 Å². The second-order valence-corrected chi connectivity index (χ2v) is 6.94. The van der Waals surface area contributed by atoms with E-state index in [-0.39, 0.29) is 6.10 Å². The summed E-state index contributed by atoms with van der Waals surface area (Å²) in [5, 5.41) is 9.31. The van der Waals surface area contributed by atoms with Crippen molar-refractivity contribution in [3.63, 3.8) is 0 Å². The van der Waals surface area contributed by atoms with Crippen LogP contribution in [-0.2, 0) is 6.61 Å². The van der Waals surface area contributed by atoms with Crippen LogP contribution < -0.4 is 9.47 Å². The van der Waals surface area contributed by atoms with Gasteiger partial charge in [-0.1, -0.05) is 23.7 Å². The number of ether oxygens (including phenoxy) is 2. The topological polar surface area (TPSA) is 71.3 Å². The Kier molecular flexibility index (Phi) is 7.26. The highest BCUT2D eigenvalue weighted by Gasteiger charge is 2.22. The maximum absolute atomic E-state index is 8.64. The van der Waals surface area contributed by atoms with Crippen molar-refractivity contribution in [2.24, 2.45) is 0 Å². The molecule has 0 saturated carbocycles. The summed E-state index contributed by atoms with van der Waals surface area (Å²) in [6, 6.07) is 9.72. The van der Waals surface area contributed by atoms with Crippen molar-refractivity contribution in [1.82, 2.24) is 14.9 Å². The summed E-state index contributed by atoms with van der Waals surface area (Å²) in [5.41, 5.74) is 0.963. The average Bonchev–Trinajstić information content (AvgIpc) is 2.69. The fraction of sp³-hybridized carbons (Fsp3) is 0.450. The molecule has 1 aliphatic rings. The Labute approximate surface area is 164 Å². The first-order chi connectivity index (χ1) is 13.2. The van der Waals surface area contributed by atoms with E-state index in [0.29, 0.717) is 29.8 Å². The summed E-state index contributed by atoms with van der Waals surface area (Å²) in [6.07, 6.45) is 6.70. The smallest absolute Gasteiger partial charge is 0.278 e. The van der Waals surface area contributed by atoms with Crippen LogP contribution in [0, 0.1) is 11.3 Å². The number of halogens is 1. The number of benzene rings is 1. The molecule has 3 rings (SSSR count). The lowest BCUT2D eigenvalue weighted by molar-refractivity contribution is 0.0913. The van der Waals surface area contributed by atoms with E-state index in [1.165, 1.54) is 0 Å². The van der Waals surface area contributed by atoms with Crippen molar-refractivity contribution in [1.29, 1.82) is 5.26 Å². The number of piperidine rings is 1. The Morgan fingerprint density at radius 1 is 1.19 bits per heavy atom. The van der Waals surface area contributed by atoms with Crippen LogP contribution in [0.2, 0.25) is 5.02 Å². The molecule has 1 aromatic heterocycles. The van der Waals surface area contributed by atoms with E-state index in [0.717, 1.165) is 44.5 Å². The summed E-state index contributed by atoms with van der Waals surface area (Å²) in [6.45, 7) is 3.26. The monoisotopic (exact) mass is 386 g/mol. The summed E-state index contributed by atoms with van der Waals surface area (Å²) < 4.78 is 11.9. The van der Waals surface area contributed by atoms with E-state index in [9.17, 15) is 0 Å². The Morgan fingerprint density at radius 3 is 2.70 bits per heavy atom. The van der Waals surface area contributed by atoms with Crippen LogP contribution >= 0.6 is 11.6 Å². The van der Waals surface area contributed by atoms with Crippen molar-refractivity contribution in [3.05, 3.63) is 47.2 Å². The minimum atomic E-state index is 0.0995. The van der Waals surface area contributed by atoms with Crippen LogP contribution in [0.3, 0.4) is 0 Å². The molecule has 0 atom stereocenters. The first kappa shape index (κ1) is 19.4. The number of hydrogen-bond donors (Lipinski definition) is 0. The third-order valence-electron chi connectivity index (χ3n) is 4.47. The maximum atomic E-state index is 8.64. The van der Waals surface area contributed by atoms with Crippen LogP contribution in [-0.4, -0.2) is 40.6 Å². The van der Waals surface area contributed by atoms with Crippen LogP contribution in [0.1, 0.15) is 31.2 Å². The fourth-order valence-electron chi connectivity index (χ4n) is 3.06. The van der Waals surface area contributed by atoms with Crippen LogP contribution in [0.5, 0.6) is 11.8 Å². The molecule has 142 valence electrons. The minimum Gasteiger partial charge on any atom is -0.470 e. The van der Waals surface area contributed by atoms with Gasteiger partial charge in [0.15, 0.2) is 0 Å². The highest BCUT2D eigenvalue weighted by molar-refractivity contribution is 6.30. The lowest BCUT2D eigenvalue weighted by Gasteiger charge is -2.31. The molecule has 7 heteroatoms. The summed E-state index contributed by atoms with van der Waals surface area (Å²) in [4.78, 5) is 10.9. The van der Waals surface area contributed by atoms with Crippen LogP contribution in [0.25, 0.3) is 0 Å². The lowest BCUT2D eigenvalue weighted by Crippen LogP contribution is -2.38. The first-order valence-corrected chi connectivity index (χ1v) is 9.56. The van der Waals surface area contributed by atoms with E-state index in [1.807, 2.05) is 24.3 Å². The van der Waals surface area contributed by atoms with Gasteiger partial charge in [-0.15, -0.1) is 0 Å². The Bertz CT molecular complexity index is 773. The van der Waals surface area contributed by atoms with Crippen molar-refractivity contribution in [2.75, 3.05) is 19.6 Å². The van der Waals surface area contributed by atoms with Crippen molar-refractivity contribution in [3.8, 4) is 17.8 Å². The zero-order valence-electron chi connectivity index (χ0n) is 15.2. The molecule has 0 spiro atoms. The van der Waals surface area contributed by atoms with Gasteiger partial charge in [0.2, 0.25) is 0 Å². The molecule has 6 nitrogen and oxygen atoms in total. The molecule has 1 saturated heterocycles. The van der Waals surface area contributed by atoms with Gasteiger partial charge in [0.1, 0.15) is 12.7 Å². The predicted molar refractivity (Wildman–Crippen MR) is 103 cm³/mol. The third kappa shape index (κ3) is 6.09. The van der Waals surface area contributed by atoms with Crippen molar-refractivity contribution in [2.45, 2.75) is 38.4 Å². The molecule has 0 amide bonds. The van der Waals surface area contributed by atoms with Gasteiger partial charge >= 0.3 is 0 Å². The van der Waals surface area contributed by atoms with E-state index in [4.69, 9.17) is 26.3 Å². The Hall–Kier alpha value is -2.36.